The minimum absolute atomic E-state index is 0.0960. The molecule has 1 atom stereocenters. The Labute approximate surface area is 150 Å². The fourth-order valence-electron chi connectivity index (χ4n) is 2.93. The highest BCUT2D eigenvalue weighted by atomic mass is 19.1. The van der Waals surface area contributed by atoms with E-state index in [1.807, 2.05) is 0 Å². The molecule has 6 nitrogen and oxygen atoms in total. The summed E-state index contributed by atoms with van der Waals surface area (Å²) in [5, 5.41) is 5.34. The fraction of sp³-hybridized carbons (Fsp3) is 0.263. The predicted octanol–water partition coefficient (Wildman–Crippen LogP) is 3.47. The number of benzene rings is 2. The van der Waals surface area contributed by atoms with E-state index < -0.39 is 17.9 Å². The second kappa shape index (κ2) is 7.86. The van der Waals surface area contributed by atoms with Crippen LogP contribution in [0.15, 0.2) is 48.5 Å². The van der Waals surface area contributed by atoms with E-state index in [-0.39, 0.29) is 11.6 Å². The maximum absolute atomic E-state index is 13.7. The van der Waals surface area contributed by atoms with E-state index in [0.29, 0.717) is 30.8 Å². The third-order valence-corrected chi connectivity index (χ3v) is 4.29. The van der Waals surface area contributed by atoms with E-state index in [2.05, 4.69) is 10.6 Å². The predicted molar refractivity (Wildman–Crippen MR) is 96.8 cm³/mol. The van der Waals surface area contributed by atoms with Crippen LogP contribution in [-0.2, 0) is 4.79 Å². The van der Waals surface area contributed by atoms with Gasteiger partial charge in [0.25, 0.3) is 0 Å². The van der Waals surface area contributed by atoms with Crippen LogP contribution in [0.5, 0.6) is 5.75 Å². The number of amides is 3. The Morgan fingerprint density at radius 3 is 2.54 bits per heavy atom. The van der Waals surface area contributed by atoms with Crippen molar-refractivity contribution in [3.63, 3.8) is 0 Å². The summed E-state index contributed by atoms with van der Waals surface area (Å²) in [5.41, 5.74) is 0.718. The molecule has 1 aliphatic heterocycles. The van der Waals surface area contributed by atoms with Crippen LogP contribution in [0, 0.1) is 5.82 Å². The number of hydrogen-bond acceptors (Lipinski definition) is 3. The van der Waals surface area contributed by atoms with Gasteiger partial charge in [-0.2, -0.15) is 0 Å². The lowest BCUT2D eigenvalue weighted by molar-refractivity contribution is -0.119. The Balaban J connectivity index is 1.65. The molecule has 1 aliphatic rings. The molecule has 3 amide bonds. The molecule has 0 spiro atoms. The summed E-state index contributed by atoms with van der Waals surface area (Å²) >= 11 is 0. The molecule has 1 saturated heterocycles. The first kappa shape index (κ1) is 17.7. The number of likely N-dealkylation sites (tertiary alicyclic amines) is 1. The van der Waals surface area contributed by atoms with Crippen LogP contribution < -0.4 is 15.4 Å². The first-order valence-electron chi connectivity index (χ1n) is 8.35. The molecule has 1 heterocycles. The Bertz CT molecular complexity index is 795. The average Bonchev–Trinajstić information content (AvgIpc) is 3.14. The van der Waals surface area contributed by atoms with Crippen molar-refractivity contribution in [2.24, 2.45) is 0 Å². The summed E-state index contributed by atoms with van der Waals surface area (Å²) in [6, 6.07) is 11.8. The summed E-state index contributed by atoms with van der Waals surface area (Å²) < 4.78 is 18.8. The van der Waals surface area contributed by atoms with E-state index in [4.69, 9.17) is 4.74 Å². The van der Waals surface area contributed by atoms with Gasteiger partial charge in [-0.3, -0.25) is 4.79 Å². The molecule has 2 N–H and O–H groups in total. The van der Waals surface area contributed by atoms with Gasteiger partial charge in [0.2, 0.25) is 5.91 Å². The van der Waals surface area contributed by atoms with E-state index in [1.54, 1.807) is 43.5 Å². The molecule has 2 aromatic carbocycles. The zero-order chi connectivity index (χ0) is 18.5. The van der Waals surface area contributed by atoms with Crippen molar-refractivity contribution in [2.45, 2.75) is 18.9 Å². The van der Waals surface area contributed by atoms with Crippen LogP contribution in [-0.4, -0.2) is 36.5 Å². The molecule has 7 heteroatoms. The number of carbonyl (C=O) groups excluding carboxylic acids is 2. The third kappa shape index (κ3) is 3.93. The van der Waals surface area contributed by atoms with Crippen LogP contribution >= 0.6 is 0 Å². The normalized spacial score (nSPS) is 16.2. The van der Waals surface area contributed by atoms with Gasteiger partial charge in [-0.05, 0) is 49.2 Å². The lowest BCUT2D eigenvalue weighted by Gasteiger charge is -2.24. The minimum atomic E-state index is -0.594. The van der Waals surface area contributed by atoms with Gasteiger partial charge in [0.05, 0.1) is 12.8 Å². The molecule has 0 bridgehead atoms. The van der Waals surface area contributed by atoms with E-state index >= 15 is 0 Å². The molecule has 0 aliphatic carbocycles. The van der Waals surface area contributed by atoms with Crippen LogP contribution in [0.3, 0.4) is 0 Å². The maximum atomic E-state index is 13.7. The van der Waals surface area contributed by atoms with E-state index in [0.717, 1.165) is 0 Å². The lowest BCUT2D eigenvalue weighted by Crippen LogP contribution is -2.45. The van der Waals surface area contributed by atoms with Crippen LogP contribution in [0.1, 0.15) is 12.8 Å². The number of nitrogens with one attached hydrogen (secondary N) is 2. The molecule has 136 valence electrons. The van der Waals surface area contributed by atoms with Crippen molar-refractivity contribution in [3.05, 3.63) is 54.3 Å². The van der Waals surface area contributed by atoms with Gasteiger partial charge in [0.15, 0.2) is 0 Å². The summed E-state index contributed by atoms with van der Waals surface area (Å²) in [6.45, 7) is 0.445. The number of hydrogen-bond donors (Lipinski definition) is 2. The summed E-state index contributed by atoms with van der Waals surface area (Å²) in [6.07, 6.45) is 1.28. The van der Waals surface area contributed by atoms with Gasteiger partial charge >= 0.3 is 6.03 Å². The zero-order valence-electron chi connectivity index (χ0n) is 14.4. The molecule has 2 aromatic rings. The van der Waals surface area contributed by atoms with Gasteiger partial charge in [-0.25, -0.2) is 9.18 Å². The maximum Gasteiger partial charge on any atom is 0.322 e. The average molecular weight is 357 g/mol. The van der Waals surface area contributed by atoms with E-state index in [1.165, 1.54) is 17.0 Å². The number of rotatable bonds is 4. The van der Waals surface area contributed by atoms with Gasteiger partial charge in [-0.15, -0.1) is 0 Å². The summed E-state index contributed by atoms with van der Waals surface area (Å²) in [4.78, 5) is 26.5. The Morgan fingerprint density at radius 1 is 1.12 bits per heavy atom. The number of para-hydroxylation sites is 1. The van der Waals surface area contributed by atoms with Crippen molar-refractivity contribution in [1.82, 2.24) is 4.90 Å². The molecule has 0 unspecified atom stereocenters. The van der Waals surface area contributed by atoms with Crippen LogP contribution in [0.2, 0.25) is 0 Å². The van der Waals surface area contributed by atoms with Gasteiger partial charge in [0.1, 0.15) is 17.6 Å². The van der Waals surface area contributed by atoms with Crippen molar-refractivity contribution >= 4 is 23.3 Å². The first-order chi connectivity index (χ1) is 12.6. The second-order valence-electron chi connectivity index (χ2n) is 5.98. The van der Waals surface area contributed by atoms with Crippen LogP contribution in [0.4, 0.5) is 20.6 Å². The Morgan fingerprint density at radius 2 is 1.85 bits per heavy atom. The molecule has 26 heavy (non-hydrogen) atoms. The second-order valence-corrected chi connectivity index (χ2v) is 5.98. The molecular weight excluding hydrogens is 337 g/mol. The highest BCUT2D eigenvalue weighted by Crippen LogP contribution is 2.22. The largest absolute Gasteiger partial charge is 0.497 e. The highest BCUT2D eigenvalue weighted by Gasteiger charge is 2.34. The van der Waals surface area contributed by atoms with Crippen molar-refractivity contribution in [1.29, 1.82) is 0 Å². The molecule has 3 rings (SSSR count). The van der Waals surface area contributed by atoms with Crippen molar-refractivity contribution in [2.75, 3.05) is 24.3 Å². The van der Waals surface area contributed by atoms with E-state index in [9.17, 15) is 14.0 Å². The van der Waals surface area contributed by atoms with Crippen molar-refractivity contribution < 1.29 is 18.7 Å². The topological polar surface area (TPSA) is 70.7 Å². The lowest BCUT2D eigenvalue weighted by atomic mass is 10.2. The number of ether oxygens (including phenoxy) is 1. The quantitative estimate of drug-likeness (QED) is 0.880. The number of nitrogens with zero attached hydrogens (tertiary/aromatic N) is 1. The molecule has 0 saturated carbocycles. The summed E-state index contributed by atoms with van der Waals surface area (Å²) in [5.74, 6) is -0.0922. The Kier molecular flexibility index (Phi) is 5.36. The van der Waals surface area contributed by atoms with Crippen LogP contribution in [0.25, 0.3) is 0 Å². The number of halogens is 1. The van der Waals surface area contributed by atoms with Gasteiger partial charge in [-0.1, -0.05) is 12.1 Å². The fourth-order valence-corrected chi connectivity index (χ4v) is 2.93. The SMILES string of the molecule is COc1ccc(NC(=O)[C@@H]2CCCN2C(=O)Nc2ccccc2F)cc1. The van der Waals surface area contributed by atoms with Crippen molar-refractivity contribution in [3.8, 4) is 5.75 Å². The number of carbonyl (C=O) groups is 2. The molecule has 1 fully saturated rings. The number of methoxy groups -OCH3 is 1. The smallest absolute Gasteiger partial charge is 0.322 e. The standard InChI is InChI=1S/C19H20FN3O3/c1-26-14-10-8-13(9-11-14)21-18(24)17-7-4-12-23(17)19(25)22-16-6-3-2-5-15(16)20/h2-3,5-6,8-11,17H,4,7,12H2,1H3,(H,21,24)(H,22,25)/t17-/m0/s1. The van der Waals surface area contributed by atoms with Gasteiger partial charge < -0.3 is 20.3 Å². The highest BCUT2D eigenvalue weighted by molar-refractivity contribution is 5.99. The molecular formula is C19H20FN3O3. The molecule has 0 radical (unpaired) electrons. The minimum Gasteiger partial charge on any atom is -0.497 e. The zero-order valence-corrected chi connectivity index (χ0v) is 14.4. The molecule has 0 aromatic heterocycles. The summed E-state index contributed by atoms with van der Waals surface area (Å²) in [7, 11) is 1.57. The third-order valence-electron chi connectivity index (χ3n) is 4.29. The first-order valence-corrected chi connectivity index (χ1v) is 8.35. The Hall–Kier alpha value is -3.09. The monoisotopic (exact) mass is 357 g/mol. The number of urea groups is 1. The number of anilines is 2. The van der Waals surface area contributed by atoms with Gasteiger partial charge in [0, 0.05) is 12.2 Å².